The third-order valence-corrected chi connectivity index (χ3v) is 4.55. The topological polar surface area (TPSA) is 64.9 Å². The lowest BCUT2D eigenvalue weighted by atomic mass is 9.95. The van der Waals surface area contributed by atoms with Crippen LogP contribution in [0.2, 0.25) is 0 Å². The molecule has 2 N–H and O–H groups in total. The Morgan fingerprint density at radius 2 is 1.95 bits per heavy atom. The summed E-state index contributed by atoms with van der Waals surface area (Å²) in [6, 6.07) is 6.45. The van der Waals surface area contributed by atoms with Crippen molar-refractivity contribution < 1.29 is 4.52 Å². The molecule has 1 aromatic carbocycles. The highest BCUT2D eigenvalue weighted by atomic mass is 16.5. The summed E-state index contributed by atoms with van der Waals surface area (Å²) in [5.41, 5.74) is 10.0. The normalized spacial score (nSPS) is 17.3. The van der Waals surface area contributed by atoms with Gasteiger partial charge in [0.15, 0.2) is 5.82 Å². The standard InChI is InChI=1S/C17H23N3O/c1-12-5-6-14(9-13(12)2)10-15-19-16(21-20-15)11-17(18)7-3-4-8-17/h5-6,9H,3-4,7-8,10-11,18H2,1-2H3. The molecule has 1 aliphatic carbocycles. The van der Waals surface area contributed by atoms with E-state index in [1.54, 1.807) is 0 Å². The highest BCUT2D eigenvalue weighted by Crippen LogP contribution is 2.30. The molecule has 112 valence electrons. The van der Waals surface area contributed by atoms with E-state index >= 15 is 0 Å². The molecule has 0 atom stereocenters. The maximum atomic E-state index is 6.36. The largest absolute Gasteiger partial charge is 0.339 e. The molecule has 4 heteroatoms. The molecular weight excluding hydrogens is 262 g/mol. The average molecular weight is 285 g/mol. The summed E-state index contributed by atoms with van der Waals surface area (Å²) < 4.78 is 5.38. The van der Waals surface area contributed by atoms with E-state index in [2.05, 4.69) is 42.2 Å². The van der Waals surface area contributed by atoms with Crippen molar-refractivity contribution >= 4 is 0 Å². The van der Waals surface area contributed by atoms with Crippen molar-refractivity contribution in [3.05, 3.63) is 46.6 Å². The summed E-state index contributed by atoms with van der Waals surface area (Å²) in [4.78, 5) is 4.51. The van der Waals surface area contributed by atoms with E-state index in [9.17, 15) is 0 Å². The lowest BCUT2D eigenvalue weighted by molar-refractivity contribution is 0.327. The van der Waals surface area contributed by atoms with Crippen LogP contribution in [-0.4, -0.2) is 15.7 Å². The van der Waals surface area contributed by atoms with Crippen LogP contribution in [0.25, 0.3) is 0 Å². The molecule has 1 aliphatic rings. The Labute approximate surface area is 125 Å². The van der Waals surface area contributed by atoms with E-state index in [-0.39, 0.29) is 5.54 Å². The molecule has 1 heterocycles. The Hall–Kier alpha value is -1.68. The van der Waals surface area contributed by atoms with Crippen molar-refractivity contribution in [1.29, 1.82) is 0 Å². The van der Waals surface area contributed by atoms with Crippen molar-refractivity contribution in [2.75, 3.05) is 0 Å². The summed E-state index contributed by atoms with van der Waals surface area (Å²) in [6.45, 7) is 4.24. The lowest BCUT2D eigenvalue weighted by Gasteiger charge is -2.20. The molecule has 1 saturated carbocycles. The van der Waals surface area contributed by atoms with Crippen LogP contribution in [0.5, 0.6) is 0 Å². The Morgan fingerprint density at radius 3 is 2.67 bits per heavy atom. The molecule has 0 radical (unpaired) electrons. The van der Waals surface area contributed by atoms with E-state index in [1.807, 2.05) is 0 Å². The van der Waals surface area contributed by atoms with Gasteiger partial charge in [0.1, 0.15) is 0 Å². The summed E-state index contributed by atoms with van der Waals surface area (Å²) in [5.74, 6) is 1.42. The second-order valence-electron chi connectivity index (χ2n) is 6.45. The van der Waals surface area contributed by atoms with Crippen LogP contribution in [0.4, 0.5) is 0 Å². The Balaban J connectivity index is 1.68. The van der Waals surface area contributed by atoms with E-state index in [0.29, 0.717) is 18.7 Å². The monoisotopic (exact) mass is 285 g/mol. The molecule has 1 fully saturated rings. The first-order chi connectivity index (χ1) is 10.0. The SMILES string of the molecule is Cc1ccc(Cc2noc(CC3(N)CCCC3)n2)cc1C. The van der Waals surface area contributed by atoms with Gasteiger partial charge in [-0.3, -0.25) is 0 Å². The van der Waals surface area contributed by atoms with Crippen molar-refractivity contribution in [1.82, 2.24) is 10.1 Å². The van der Waals surface area contributed by atoms with Crippen LogP contribution >= 0.6 is 0 Å². The molecule has 4 nitrogen and oxygen atoms in total. The zero-order chi connectivity index (χ0) is 14.9. The third-order valence-electron chi connectivity index (χ3n) is 4.55. The first kappa shape index (κ1) is 14.3. The molecule has 0 saturated heterocycles. The maximum absolute atomic E-state index is 6.36. The molecular formula is C17H23N3O. The van der Waals surface area contributed by atoms with Gasteiger partial charge >= 0.3 is 0 Å². The minimum absolute atomic E-state index is 0.135. The van der Waals surface area contributed by atoms with Crippen molar-refractivity contribution in [2.24, 2.45) is 5.73 Å². The zero-order valence-electron chi connectivity index (χ0n) is 12.9. The van der Waals surface area contributed by atoms with Crippen LogP contribution in [-0.2, 0) is 12.8 Å². The number of hydrogen-bond acceptors (Lipinski definition) is 4. The second kappa shape index (κ2) is 5.60. The van der Waals surface area contributed by atoms with Gasteiger partial charge in [-0.05, 0) is 43.4 Å². The molecule has 1 aromatic heterocycles. The molecule has 2 aromatic rings. The van der Waals surface area contributed by atoms with Gasteiger partial charge in [0.2, 0.25) is 5.89 Å². The predicted octanol–water partition coefficient (Wildman–Crippen LogP) is 3.09. The quantitative estimate of drug-likeness (QED) is 0.937. The van der Waals surface area contributed by atoms with Gasteiger partial charge < -0.3 is 10.3 Å². The first-order valence-electron chi connectivity index (χ1n) is 7.71. The van der Waals surface area contributed by atoms with Crippen LogP contribution in [0.15, 0.2) is 22.7 Å². The third kappa shape index (κ3) is 3.32. The number of rotatable bonds is 4. The van der Waals surface area contributed by atoms with Gasteiger partial charge in [-0.1, -0.05) is 36.2 Å². The first-order valence-corrected chi connectivity index (χ1v) is 7.71. The number of hydrogen-bond donors (Lipinski definition) is 1. The minimum Gasteiger partial charge on any atom is -0.339 e. The highest BCUT2D eigenvalue weighted by molar-refractivity contribution is 5.31. The van der Waals surface area contributed by atoms with Crippen molar-refractivity contribution in [3.8, 4) is 0 Å². The zero-order valence-corrected chi connectivity index (χ0v) is 12.9. The van der Waals surface area contributed by atoms with Crippen molar-refractivity contribution in [3.63, 3.8) is 0 Å². The molecule has 0 amide bonds. The number of aryl methyl sites for hydroxylation is 2. The van der Waals surface area contributed by atoms with Crippen molar-refractivity contribution in [2.45, 2.75) is 57.9 Å². The fourth-order valence-electron chi connectivity index (χ4n) is 3.09. The smallest absolute Gasteiger partial charge is 0.228 e. The molecule has 0 spiro atoms. The summed E-state index contributed by atoms with van der Waals surface area (Å²) in [6.07, 6.45) is 5.94. The van der Waals surface area contributed by atoms with Gasteiger partial charge in [-0.2, -0.15) is 4.98 Å². The fourth-order valence-corrected chi connectivity index (χ4v) is 3.09. The summed E-state index contributed by atoms with van der Waals surface area (Å²) in [5, 5.41) is 4.10. The van der Waals surface area contributed by atoms with Gasteiger partial charge in [0.05, 0.1) is 0 Å². The van der Waals surface area contributed by atoms with Gasteiger partial charge in [-0.25, -0.2) is 0 Å². The Morgan fingerprint density at radius 1 is 1.19 bits per heavy atom. The Kier molecular flexibility index (Phi) is 3.81. The number of benzene rings is 1. The maximum Gasteiger partial charge on any atom is 0.228 e. The van der Waals surface area contributed by atoms with Gasteiger partial charge in [-0.15, -0.1) is 0 Å². The Bertz CT molecular complexity index is 627. The van der Waals surface area contributed by atoms with Crippen LogP contribution in [0, 0.1) is 13.8 Å². The predicted molar refractivity (Wildman–Crippen MR) is 82.1 cm³/mol. The molecule has 3 rings (SSSR count). The van der Waals surface area contributed by atoms with E-state index in [0.717, 1.165) is 18.7 Å². The fraction of sp³-hybridized carbons (Fsp3) is 0.529. The van der Waals surface area contributed by atoms with Crippen LogP contribution in [0.3, 0.4) is 0 Å². The molecule has 0 aliphatic heterocycles. The number of nitrogens with zero attached hydrogens (tertiary/aromatic N) is 2. The molecule has 0 unspecified atom stereocenters. The number of nitrogens with two attached hydrogens (primary N) is 1. The van der Waals surface area contributed by atoms with Crippen LogP contribution < -0.4 is 5.73 Å². The average Bonchev–Trinajstić information content (AvgIpc) is 3.04. The van der Waals surface area contributed by atoms with Gasteiger partial charge in [0.25, 0.3) is 0 Å². The van der Waals surface area contributed by atoms with E-state index in [1.165, 1.54) is 29.5 Å². The summed E-state index contributed by atoms with van der Waals surface area (Å²) >= 11 is 0. The second-order valence-corrected chi connectivity index (χ2v) is 6.45. The minimum atomic E-state index is -0.135. The van der Waals surface area contributed by atoms with E-state index < -0.39 is 0 Å². The molecule has 0 bridgehead atoms. The van der Waals surface area contributed by atoms with Gasteiger partial charge in [0, 0.05) is 18.4 Å². The lowest BCUT2D eigenvalue weighted by Crippen LogP contribution is -2.38. The molecule has 21 heavy (non-hydrogen) atoms. The van der Waals surface area contributed by atoms with E-state index in [4.69, 9.17) is 10.3 Å². The highest BCUT2D eigenvalue weighted by Gasteiger charge is 2.31. The van der Waals surface area contributed by atoms with Crippen LogP contribution in [0.1, 0.15) is 54.1 Å². The summed E-state index contributed by atoms with van der Waals surface area (Å²) in [7, 11) is 0. The number of aromatic nitrogens is 2.